The lowest BCUT2D eigenvalue weighted by Crippen LogP contribution is -2.25. The molecule has 0 amide bonds. The SMILES string of the molecule is CCN(CCCOc1cccc(N)c1)c1ccccc1C. The zero-order chi connectivity index (χ0) is 15.1. The summed E-state index contributed by atoms with van der Waals surface area (Å²) in [5.74, 6) is 0.842. The molecule has 0 unspecified atom stereocenters. The van der Waals surface area contributed by atoms with E-state index in [2.05, 4.69) is 43.0 Å². The zero-order valence-corrected chi connectivity index (χ0v) is 12.9. The van der Waals surface area contributed by atoms with Crippen LogP contribution in [0.5, 0.6) is 5.75 Å². The standard InChI is InChI=1S/C18H24N2O/c1-3-20(18-11-5-4-8-15(18)2)12-7-13-21-17-10-6-9-16(19)14-17/h4-6,8-11,14H,3,7,12-13,19H2,1-2H3. The van der Waals surface area contributed by atoms with Gasteiger partial charge in [-0.25, -0.2) is 0 Å². The van der Waals surface area contributed by atoms with Crippen molar-refractivity contribution in [1.82, 2.24) is 0 Å². The molecule has 3 heteroatoms. The van der Waals surface area contributed by atoms with E-state index in [-0.39, 0.29) is 0 Å². The molecule has 0 saturated carbocycles. The number of nitrogen functional groups attached to an aromatic ring is 1. The van der Waals surface area contributed by atoms with Crippen LogP contribution in [-0.2, 0) is 0 Å². The molecular weight excluding hydrogens is 260 g/mol. The van der Waals surface area contributed by atoms with Gasteiger partial charge in [0.15, 0.2) is 0 Å². The van der Waals surface area contributed by atoms with Crippen molar-refractivity contribution in [3.05, 3.63) is 54.1 Å². The van der Waals surface area contributed by atoms with E-state index in [4.69, 9.17) is 10.5 Å². The molecule has 2 aromatic carbocycles. The third-order valence-corrected chi connectivity index (χ3v) is 3.54. The van der Waals surface area contributed by atoms with Crippen molar-refractivity contribution >= 4 is 11.4 Å². The highest BCUT2D eigenvalue weighted by Gasteiger charge is 2.06. The lowest BCUT2D eigenvalue weighted by Gasteiger charge is -2.25. The molecule has 0 aliphatic heterocycles. The van der Waals surface area contributed by atoms with Crippen molar-refractivity contribution in [2.24, 2.45) is 0 Å². The van der Waals surface area contributed by atoms with E-state index in [1.807, 2.05) is 24.3 Å². The van der Waals surface area contributed by atoms with Gasteiger partial charge in [-0.1, -0.05) is 24.3 Å². The minimum atomic E-state index is 0.700. The maximum Gasteiger partial charge on any atom is 0.121 e. The molecular formula is C18H24N2O. The first-order chi connectivity index (χ1) is 10.2. The second-order valence-corrected chi connectivity index (χ2v) is 5.14. The van der Waals surface area contributed by atoms with Gasteiger partial charge in [0.2, 0.25) is 0 Å². The van der Waals surface area contributed by atoms with Gasteiger partial charge in [-0.05, 0) is 44.0 Å². The van der Waals surface area contributed by atoms with Gasteiger partial charge in [0.05, 0.1) is 6.61 Å². The van der Waals surface area contributed by atoms with Crippen molar-refractivity contribution in [3.63, 3.8) is 0 Å². The Morgan fingerprint density at radius 2 is 1.90 bits per heavy atom. The molecule has 0 saturated heterocycles. The van der Waals surface area contributed by atoms with Crippen LogP contribution in [0.25, 0.3) is 0 Å². The lowest BCUT2D eigenvalue weighted by molar-refractivity contribution is 0.312. The Balaban J connectivity index is 1.83. The van der Waals surface area contributed by atoms with Gasteiger partial charge in [0, 0.05) is 30.5 Å². The zero-order valence-electron chi connectivity index (χ0n) is 12.9. The third kappa shape index (κ3) is 4.42. The molecule has 0 aliphatic rings. The minimum Gasteiger partial charge on any atom is -0.493 e. The Morgan fingerprint density at radius 3 is 2.62 bits per heavy atom. The normalized spacial score (nSPS) is 10.4. The van der Waals surface area contributed by atoms with Crippen LogP contribution in [0.15, 0.2) is 48.5 Å². The number of anilines is 2. The van der Waals surface area contributed by atoms with Crippen molar-refractivity contribution in [1.29, 1.82) is 0 Å². The number of rotatable bonds is 7. The van der Waals surface area contributed by atoms with E-state index >= 15 is 0 Å². The topological polar surface area (TPSA) is 38.5 Å². The van der Waals surface area contributed by atoms with Crippen LogP contribution in [0, 0.1) is 6.92 Å². The van der Waals surface area contributed by atoms with Gasteiger partial charge in [-0.2, -0.15) is 0 Å². The van der Waals surface area contributed by atoms with E-state index in [1.165, 1.54) is 11.3 Å². The summed E-state index contributed by atoms with van der Waals surface area (Å²) >= 11 is 0. The van der Waals surface area contributed by atoms with Gasteiger partial charge < -0.3 is 15.4 Å². The summed E-state index contributed by atoms with van der Waals surface area (Å²) in [5, 5.41) is 0. The molecule has 0 radical (unpaired) electrons. The molecule has 2 N–H and O–H groups in total. The number of aryl methyl sites for hydroxylation is 1. The van der Waals surface area contributed by atoms with E-state index < -0.39 is 0 Å². The summed E-state index contributed by atoms with van der Waals surface area (Å²) in [4.78, 5) is 2.39. The van der Waals surface area contributed by atoms with Gasteiger partial charge >= 0.3 is 0 Å². The number of hydrogen-bond acceptors (Lipinski definition) is 3. The maximum absolute atomic E-state index is 5.74. The Hall–Kier alpha value is -2.16. The fourth-order valence-electron chi connectivity index (χ4n) is 2.42. The fourth-order valence-corrected chi connectivity index (χ4v) is 2.42. The molecule has 0 fully saturated rings. The Labute approximate surface area is 127 Å². The molecule has 0 aliphatic carbocycles. The summed E-state index contributed by atoms with van der Waals surface area (Å²) in [6.07, 6.45) is 0.983. The highest BCUT2D eigenvalue weighted by molar-refractivity contribution is 5.52. The van der Waals surface area contributed by atoms with Crippen molar-refractivity contribution in [3.8, 4) is 5.75 Å². The number of nitrogens with zero attached hydrogens (tertiary/aromatic N) is 1. The molecule has 0 bridgehead atoms. The number of nitrogens with two attached hydrogens (primary N) is 1. The first-order valence-electron chi connectivity index (χ1n) is 7.49. The number of hydrogen-bond donors (Lipinski definition) is 1. The summed E-state index contributed by atoms with van der Waals surface area (Å²) in [6, 6.07) is 16.1. The predicted molar refractivity (Wildman–Crippen MR) is 90.0 cm³/mol. The molecule has 0 aromatic heterocycles. The third-order valence-electron chi connectivity index (χ3n) is 3.54. The molecule has 21 heavy (non-hydrogen) atoms. The van der Waals surface area contributed by atoms with E-state index in [0.717, 1.165) is 30.9 Å². The van der Waals surface area contributed by atoms with E-state index in [9.17, 15) is 0 Å². The number of benzene rings is 2. The Bertz CT molecular complexity index is 569. The molecule has 3 nitrogen and oxygen atoms in total. The smallest absolute Gasteiger partial charge is 0.121 e. The second-order valence-electron chi connectivity index (χ2n) is 5.14. The van der Waals surface area contributed by atoms with Gasteiger partial charge in [-0.15, -0.1) is 0 Å². The molecule has 0 heterocycles. The largest absolute Gasteiger partial charge is 0.493 e. The van der Waals surface area contributed by atoms with Crippen LogP contribution in [-0.4, -0.2) is 19.7 Å². The van der Waals surface area contributed by atoms with Gasteiger partial charge in [-0.3, -0.25) is 0 Å². The number of ether oxygens (including phenoxy) is 1. The maximum atomic E-state index is 5.74. The lowest BCUT2D eigenvalue weighted by atomic mass is 10.2. The first kappa shape index (κ1) is 15.2. The number of para-hydroxylation sites is 1. The molecule has 2 rings (SSSR count). The van der Waals surface area contributed by atoms with Crippen LogP contribution in [0.3, 0.4) is 0 Å². The molecule has 2 aromatic rings. The predicted octanol–water partition coefficient (Wildman–Crippen LogP) is 3.87. The fraction of sp³-hybridized carbons (Fsp3) is 0.333. The quantitative estimate of drug-likeness (QED) is 0.619. The van der Waals surface area contributed by atoms with Crippen LogP contribution in [0.4, 0.5) is 11.4 Å². The van der Waals surface area contributed by atoms with Gasteiger partial charge in [0.25, 0.3) is 0 Å². The molecule has 0 spiro atoms. The minimum absolute atomic E-state index is 0.700. The van der Waals surface area contributed by atoms with E-state index in [0.29, 0.717) is 6.61 Å². The van der Waals surface area contributed by atoms with Crippen molar-refractivity contribution in [2.45, 2.75) is 20.3 Å². The summed E-state index contributed by atoms with van der Waals surface area (Å²) in [6.45, 7) is 7.03. The van der Waals surface area contributed by atoms with Crippen LogP contribution >= 0.6 is 0 Å². The highest BCUT2D eigenvalue weighted by atomic mass is 16.5. The highest BCUT2D eigenvalue weighted by Crippen LogP contribution is 2.19. The molecule has 112 valence electrons. The summed E-state index contributed by atoms with van der Waals surface area (Å²) < 4.78 is 5.74. The van der Waals surface area contributed by atoms with Crippen LogP contribution in [0.2, 0.25) is 0 Å². The first-order valence-corrected chi connectivity index (χ1v) is 7.49. The summed E-state index contributed by atoms with van der Waals surface area (Å²) in [7, 11) is 0. The van der Waals surface area contributed by atoms with Crippen molar-refractivity contribution in [2.75, 3.05) is 30.3 Å². The molecule has 0 atom stereocenters. The van der Waals surface area contributed by atoms with Crippen molar-refractivity contribution < 1.29 is 4.74 Å². The van der Waals surface area contributed by atoms with Gasteiger partial charge in [0.1, 0.15) is 5.75 Å². The second kappa shape index (κ2) is 7.58. The average Bonchev–Trinajstić information content (AvgIpc) is 2.49. The summed E-state index contributed by atoms with van der Waals surface area (Å²) in [5.41, 5.74) is 9.10. The van der Waals surface area contributed by atoms with E-state index in [1.54, 1.807) is 0 Å². The average molecular weight is 284 g/mol. The monoisotopic (exact) mass is 284 g/mol. The Morgan fingerprint density at radius 1 is 1.10 bits per heavy atom. The Kier molecular flexibility index (Phi) is 5.50. The van der Waals surface area contributed by atoms with Crippen LogP contribution < -0.4 is 15.4 Å². The van der Waals surface area contributed by atoms with Crippen LogP contribution in [0.1, 0.15) is 18.9 Å².